The van der Waals surface area contributed by atoms with Crippen LogP contribution >= 0.6 is 11.3 Å². The van der Waals surface area contributed by atoms with Crippen LogP contribution in [0.4, 0.5) is 0 Å². The molecule has 0 fully saturated rings. The van der Waals surface area contributed by atoms with Gasteiger partial charge in [-0.15, -0.1) is 11.3 Å². The van der Waals surface area contributed by atoms with Crippen molar-refractivity contribution >= 4 is 17.2 Å². The van der Waals surface area contributed by atoms with Crippen LogP contribution in [0, 0.1) is 6.92 Å². The molecule has 0 aliphatic heterocycles. The Balaban J connectivity index is 2.38. The predicted molar refractivity (Wildman–Crippen MR) is 85.7 cm³/mol. The van der Waals surface area contributed by atoms with Gasteiger partial charge in [0, 0.05) is 28.3 Å². The normalized spacial score (nSPS) is 10.8. The maximum atomic E-state index is 11.9. The molecule has 0 saturated heterocycles. The van der Waals surface area contributed by atoms with E-state index in [2.05, 4.69) is 9.97 Å². The van der Waals surface area contributed by atoms with Crippen LogP contribution in [0.3, 0.4) is 0 Å². The largest absolute Gasteiger partial charge is 0.445 e. The second-order valence-corrected chi connectivity index (χ2v) is 5.74. The first kappa shape index (κ1) is 14.5. The van der Waals surface area contributed by atoms with Gasteiger partial charge < -0.3 is 10.2 Å². The van der Waals surface area contributed by atoms with Crippen LogP contribution in [0.15, 0.2) is 34.5 Å². The van der Waals surface area contributed by atoms with Crippen LogP contribution in [0.25, 0.3) is 22.0 Å². The van der Waals surface area contributed by atoms with Crippen molar-refractivity contribution in [2.75, 3.05) is 0 Å². The van der Waals surface area contributed by atoms with E-state index in [1.54, 1.807) is 18.5 Å². The van der Waals surface area contributed by atoms with Crippen LogP contribution in [-0.2, 0) is 6.42 Å². The van der Waals surface area contributed by atoms with Gasteiger partial charge in [0.1, 0.15) is 11.3 Å². The predicted octanol–water partition coefficient (Wildman–Crippen LogP) is 3.43. The fourth-order valence-corrected chi connectivity index (χ4v) is 3.40. The third-order valence-electron chi connectivity index (χ3n) is 3.62. The van der Waals surface area contributed by atoms with Crippen LogP contribution in [0.2, 0.25) is 0 Å². The number of nitrogens with two attached hydrogens (primary N) is 1. The molecule has 6 heteroatoms. The molecule has 0 spiro atoms. The van der Waals surface area contributed by atoms with Gasteiger partial charge in [0.05, 0.1) is 6.20 Å². The Morgan fingerprint density at radius 3 is 2.73 bits per heavy atom. The first-order chi connectivity index (χ1) is 10.6. The molecule has 1 aromatic carbocycles. The van der Waals surface area contributed by atoms with E-state index in [4.69, 9.17) is 10.2 Å². The molecule has 22 heavy (non-hydrogen) atoms. The monoisotopic (exact) mass is 313 g/mol. The van der Waals surface area contributed by atoms with Crippen molar-refractivity contribution in [3.8, 4) is 22.0 Å². The molecule has 3 aromatic rings. The minimum Gasteiger partial charge on any atom is -0.445 e. The van der Waals surface area contributed by atoms with Crippen molar-refractivity contribution in [1.29, 1.82) is 0 Å². The standard InChI is InChI=1S/C16H15N3O2S/c1-3-10-12(14(17)20)8-11(15-18-4-6-21-15)9(2)13(10)16-19-5-7-22-16/h4-8H,3H2,1-2H3,(H2,17,20). The summed E-state index contributed by atoms with van der Waals surface area (Å²) in [6.45, 7) is 3.99. The Labute approximate surface area is 131 Å². The molecule has 0 atom stereocenters. The molecule has 0 unspecified atom stereocenters. The number of hydrogen-bond acceptors (Lipinski definition) is 5. The van der Waals surface area contributed by atoms with E-state index in [0.29, 0.717) is 17.9 Å². The third-order valence-corrected chi connectivity index (χ3v) is 4.41. The summed E-state index contributed by atoms with van der Waals surface area (Å²) in [5, 5.41) is 2.78. The third kappa shape index (κ3) is 2.31. The Morgan fingerprint density at radius 2 is 2.18 bits per heavy atom. The zero-order valence-corrected chi connectivity index (χ0v) is 13.1. The molecular weight excluding hydrogens is 298 g/mol. The van der Waals surface area contributed by atoms with Crippen molar-refractivity contribution < 1.29 is 9.21 Å². The summed E-state index contributed by atoms with van der Waals surface area (Å²) >= 11 is 1.53. The zero-order chi connectivity index (χ0) is 15.7. The number of nitrogens with zero attached hydrogens (tertiary/aromatic N) is 2. The highest BCUT2D eigenvalue weighted by molar-refractivity contribution is 7.13. The fourth-order valence-electron chi connectivity index (χ4n) is 2.64. The number of hydrogen-bond donors (Lipinski definition) is 1. The quantitative estimate of drug-likeness (QED) is 0.800. The van der Waals surface area contributed by atoms with Crippen molar-refractivity contribution in [1.82, 2.24) is 9.97 Å². The summed E-state index contributed by atoms with van der Waals surface area (Å²) in [7, 11) is 0. The molecule has 0 bridgehead atoms. The molecule has 0 aliphatic carbocycles. The summed E-state index contributed by atoms with van der Waals surface area (Å²) in [5.41, 5.74) is 9.68. The highest BCUT2D eigenvalue weighted by Gasteiger charge is 2.22. The van der Waals surface area contributed by atoms with Gasteiger partial charge in [-0.05, 0) is 30.5 Å². The number of rotatable bonds is 4. The van der Waals surface area contributed by atoms with E-state index < -0.39 is 5.91 Å². The molecule has 2 heterocycles. The Kier molecular flexibility index (Phi) is 3.77. The summed E-state index contributed by atoms with van der Waals surface area (Å²) in [4.78, 5) is 20.5. The van der Waals surface area contributed by atoms with E-state index in [1.807, 2.05) is 19.2 Å². The van der Waals surface area contributed by atoms with E-state index in [0.717, 1.165) is 27.3 Å². The number of primary amides is 1. The van der Waals surface area contributed by atoms with Crippen molar-refractivity contribution in [3.05, 3.63) is 46.8 Å². The number of oxazole rings is 1. The van der Waals surface area contributed by atoms with Gasteiger partial charge in [0.2, 0.25) is 11.8 Å². The number of carbonyl (C=O) groups is 1. The average Bonchev–Trinajstić information content (AvgIpc) is 3.19. The minimum absolute atomic E-state index is 0.456. The molecular formula is C16H15N3O2S. The number of amides is 1. The Morgan fingerprint density at radius 1 is 1.36 bits per heavy atom. The van der Waals surface area contributed by atoms with Crippen LogP contribution in [0.1, 0.15) is 28.4 Å². The van der Waals surface area contributed by atoms with Crippen molar-refractivity contribution in [3.63, 3.8) is 0 Å². The number of aromatic nitrogens is 2. The molecule has 2 N–H and O–H groups in total. The molecule has 112 valence electrons. The minimum atomic E-state index is -0.456. The van der Waals surface area contributed by atoms with Crippen LogP contribution in [0.5, 0.6) is 0 Å². The average molecular weight is 313 g/mol. The lowest BCUT2D eigenvalue weighted by Gasteiger charge is -2.16. The van der Waals surface area contributed by atoms with Gasteiger partial charge in [-0.25, -0.2) is 9.97 Å². The highest BCUT2D eigenvalue weighted by atomic mass is 32.1. The fraction of sp³-hybridized carbons (Fsp3) is 0.188. The van der Waals surface area contributed by atoms with Gasteiger partial charge in [-0.1, -0.05) is 6.92 Å². The van der Waals surface area contributed by atoms with Gasteiger partial charge in [0.25, 0.3) is 0 Å². The first-order valence-corrected chi connectivity index (χ1v) is 7.77. The number of thiazole rings is 1. The van der Waals surface area contributed by atoms with E-state index in [1.165, 1.54) is 17.6 Å². The molecule has 0 radical (unpaired) electrons. The summed E-state index contributed by atoms with van der Waals surface area (Å²) in [6.07, 6.45) is 5.53. The highest BCUT2D eigenvalue weighted by Crippen LogP contribution is 2.37. The lowest BCUT2D eigenvalue weighted by atomic mass is 9.90. The summed E-state index contributed by atoms with van der Waals surface area (Å²) < 4.78 is 5.40. The van der Waals surface area contributed by atoms with Gasteiger partial charge >= 0.3 is 0 Å². The lowest BCUT2D eigenvalue weighted by Crippen LogP contribution is -2.15. The SMILES string of the molecule is CCc1c(C(N)=O)cc(-c2ncco2)c(C)c1-c1nccs1. The molecule has 5 nitrogen and oxygen atoms in total. The number of carbonyl (C=O) groups excluding carboxylic acids is 1. The van der Waals surface area contributed by atoms with Gasteiger partial charge in [0.15, 0.2) is 0 Å². The molecule has 1 amide bonds. The maximum absolute atomic E-state index is 11.9. The zero-order valence-electron chi connectivity index (χ0n) is 12.3. The molecule has 2 aromatic heterocycles. The van der Waals surface area contributed by atoms with Gasteiger partial charge in [-0.2, -0.15) is 0 Å². The molecule has 0 saturated carbocycles. The summed E-state index contributed by atoms with van der Waals surface area (Å²) in [6, 6.07) is 1.76. The first-order valence-electron chi connectivity index (χ1n) is 6.89. The second kappa shape index (κ2) is 5.73. The van der Waals surface area contributed by atoms with Gasteiger partial charge in [-0.3, -0.25) is 4.79 Å². The molecule has 3 rings (SSSR count). The van der Waals surface area contributed by atoms with E-state index in [9.17, 15) is 4.79 Å². The second-order valence-electron chi connectivity index (χ2n) is 4.84. The summed E-state index contributed by atoms with van der Waals surface area (Å²) in [5.74, 6) is 0.0166. The Hall–Kier alpha value is -2.47. The smallest absolute Gasteiger partial charge is 0.249 e. The maximum Gasteiger partial charge on any atom is 0.249 e. The topological polar surface area (TPSA) is 82.0 Å². The van der Waals surface area contributed by atoms with Crippen molar-refractivity contribution in [2.24, 2.45) is 5.73 Å². The lowest BCUT2D eigenvalue weighted by molar-refractivity contribution is 0.0999. The van der Waals surface area contributed by atoms with E-state index >= 15 is 0 Å². The number of benzene rings is 1. The van der Waals surface area contributed by atoms with Crippen LogP contribution < -0.4 is 5.73 Å². The van der Waals surface area contributed by atoms with E-state index in [-0.39, 0.29) is 0 Å². The Bertz CT molecular complexity index is 809. The van der Waals surface area contributed by atoms with Crippen LogP contribution in [-0.4, -0.2) is 15.9 Å². The molecule has 0 aliphatic rings. The van der Waals surface area contributed by atoms with Crippen molar-refractivity contribution in [2.45, 2.75) is 20.3 Å².